The minimum Gasteiger partial charge on any atom is -0.352 e. The van der Waals surface area contributed by atoms with Crippen LogP contribution in [0.2, 0.25) is 0 Å². The molecule has 23 heavy (non-hydrogen) atoms. The van der Waals surface area contributed by atoms with Crippen molar-refractivity contribution in [3.05, 3.63) is 66.2 Å². The van der Waals surface area contributed by atoms with Crippen LogP contribution in [0.25, 0.3) is 17.2 Å². The van der Waals surface area contributed by atoms with E-state index in [0.29, 0.717) is 0 Å². The Kier molecular flexibility index (Phi) is 5.71. The van der Waals surface area contributed by atoms with Gasteiger partial charge in [0.15, 0.2) is 0 Å². The summed E-state index contributed by atoms with van der Waals surface area (Å²) < 4.78 is 22.0. The predicted molar refractivity (Wildman–Crippen MR) is 93.6 cm³/mol. The van der Waals surface area contributed by atoms with E-state index in [0.717, 1.165) is 22.9 Å². The third-order valence-electron chi connectivity index (χ3n) is 3.19. The Labute approximate surface area is 136 Å². The average molecular weight is 329 g/mol. The van der Waals surface area contributed by atoms with Gasteiger partial charge in [0.05, 0.1) is 5.75 Å². The molecular formula is C18H19NO3S. The molecule has 0 saturated heterocycles. The molecule has 0 radical (unpaired) electrons. The van der Waals surface area contributed by atoms with Crippen molar-refractivity contribution in [2.24, 2.45) is 0 Å². The van der Waals surface area contributed by atoms with Crippen molar-refractivity contribution < 1.29 is 13.2 Å². The second-order valence-electron chi connectivity index (χ2n) is 5.25. The number of carbonyl (C=O) groups excluding carboxylic acids is 1. The lowest BCUT2D eigenvalue weighted by Crippen LogP contribution is -2.27. The molecule has 2 aromatic carbocycles. The Morgan fingerprint density at radius 3 is 2.43 bits per heavy atom. The molecule has 0 bridgehead atoms. The van der Waals surface area contributed by atoms with Crippen LogP contribution in [0.1, 0.15) is 5.56 Å². The average Bonchev–Trinajstić information content (AvgIpc) is 2.53. The van der Waals surface area contributed by atoms with E-state index in [1.54, 1.807) is 6.08 Å². The first-order valence-corrected chi connectivity index (χ1v) is 9.29. The van der Waals surface area contributed by atoms with Crippen molar-refractivity contribution in [1.82, 2.24) is 5.32 Å². The van der Waals surface area contributed by atoms with Gasteiger partial charge >= 0.3 is 0 Å². The Hall–Kier alpha value is -2.40. The molecule has 0 heterocycles. The van der Waals surface area contributed by atoms with Crippen molar-refractivity contribution in [2.75, 3.05) is 18.6 Å². The summed E-state index contributed by atoms with van der Waals surface area (Å²) in [5.41, 5.74) is 3.09. The fourth-order valence-electron chi connectivity index (χ4n) is 2.04. The summed E-state index contributed by atoms with van der Waals surface area (Å²) in [6.07, 6.45) is 4.26. The summed E-state index contributed by atoms with van der Waals surface area (Å²) in [4.78, 5) is 11.7. The predicted octanol–water partition coefficient (Wildman–Crippen LogP) is 2.53. The van der Waals surface area contributed by atoms with Crippen LogP contribution < -0.4 is 5.32 Å². The van der Waals surface area contributed by atoms with Gasteiger partial charge in [-0.05, 0) is 28.8 Å². The highest BCUT2D eigenvalue weighted by atomic mass is 32.2. The van der Waals surface area contributed by atoms with Crippen LogP contribution in [-0.2, 0) is 14.6 Å². The highest BCUT2D eigenvalue weighted by molar-refractivity contribution is 7.90. The van der Waals surface area contributed by atoms with E-state index >= 15 is 0 Å². The van der Waals surface area contributed by atoms with Crippen molar-refractivity contribution in [1.29, 1.82) is 0 Å². The fourth-order valence-corrected chi connectivity index (χ4v) is 2.52. The molecule has 0 aliphatic carbocycles. The quantitative estimate of drug-likeness (QED) is 0.828. The summed E-state index contributed by atoms with van der Waals surface area (Å²) in [6, 6.07) is 17.8. The van der Waals surface area contributed by atoms with Gasteiger partial charge in [-0.1, -0.05) is 48.5 Å². The number of rotatable bonds is 6. The second-order valence-corrected chi connectivity index (χ2v) is 7.51. The van der Waals surface area contributed by atoms with E-state index in [4.69, 9.17) is 0 Å². The van der Waals surface area contributed by atoms with Gasteiger partial charge in [-0.2, -0.15) is 0 Å². The molecular weight excluding hydrogens is 310 g/mol. The van der Waals surface area contributed by atoms with Crippen molar-refractivity contribution >= 4 is 21.8 Å². The fraction of sp³-hybridized carbons (Fsp3) is 0.167. The second kappa shape index (κ2) is 7.74. The molecule has 1 amide bonds. The largest absolute Gasteiger partial charge is 0.352 e. The van der Waals surface area contributed by atoms with Crippen LogP contribution in [0.15, 0.2) is 60.7 Å². The molecule has 120 valence electrons. The normalized spacial score (nSPS) is 11.5. The van der Waals surface area contributed by atoms with Crippen molar-refractivity contribution in [3.8, 4) is 11.1 Å². The van der Waals surface area contributed by atoms with Gasteiger partial charge in [-0.3, -0.25) is 4.79 Å². The van der Waals surface area contributed by atoms with E-state index in [1.165, 1.54) is 6.08 Å². The van der Waals surface area contributed by atoms with Crippen LogP contribution >= 0.6 is 0 Å². The minimum atomic E-state index is -3.06. The number of nitrogens with one attached hydrogen (secondary N) is 1. The molecule has 0 aliphatic heterocycles. The molecule has 0 saturated carbocycles. The first-order valence-electron chi connectivity index (χ1n) is 7.23. The first-order chi connectivity index (χ1) is 10.9. The summed E-state index contributed by atoms with van der Waals surface area (Å²) in [5.74, 6) is -0.366. The van der Waals surface area contributed by atoms with Crippen LogP contribution in [0, 0.1) is 0 Å². The Morgan fingerprint density at radius 2 is 1.74 bits per heavy atom. The zero-order valence-corrected chi connectivity index (χ0v) is 13.7. The van der Waals surface area contributed by atoms with Gasteiger partial charge in [0.2, 0.25) is 5.91 Å². The lowest BCUT2D eigenvalue weighted by atomic mass is 10.0. The molecule has 5 heteroatoms. The highest BCUT2D eigenvalue weighted by Crippen LogP contribution is 2.20. The Bertz CT molecular complexity index is 796. The summed E-state index contributed by atoms with van der Waals surface area (Å²) in [7, 11) is -3.06. The van der Waals surface area contributed by atoms with E-state index in [-0.39, 0.29) is 18.2 Å². The minimum absolute atomic E-state index is 0.0595. The molecule has 0 unspecified atom stereocenters. The molecule has 1 N–H and O–H groups in total. The number of hydrogen-bond donors (Lipinski definition) is 1. The maximum atomic E-state index is 11.7. The highest BCUT2D eigenvalue weighted by Gasteiger charge is 2.02. The molecule has 4 nitrogen and oxygen atoms in total. The summed E-state index contributed by atoms with van der Waals surface area (Å²) >= 11 is 0. The maximum absolute atomic E-state index is 11.7. The first kappa shape index (κ1) is 17.0. The van der Waals surface area contributed by atoms with E-state index < -0.39 is 9.84 Å². The number of benzene rings is 2. The van der Waals surface area contributed by atoms with Crippen LogP contribution in [0.5, 0.6) is 0 Å². The number of hydrogen-bond acceptors (Lipinski definition) is 3. The lowest BCUT2D eigenvalue weighted by molar-refractivity contribution is -0.116. The van der Waals surface area contributed by atoms with Gasteiger partial charge in [0.1, 0.15) is 9.84 Å². The molecule has 0 atom stereocenters. The molecule has 0 fully saturated rings. The maximum Gasteiger partial charge on any atom is 0.244 e. The third-order valence-corrected chi connectivity index (χ3v) is 4.14. The zero-order valence-electron chi connectivity index (χ0n) is 12.9. The Morgan fingerprint density at radius 1 is 1.04 bits per heavy atom. The van der Waals surface area contributed by atoms with E-state index in [1.807, 2.05) is 54.6 Å². The molecule has 0 aromatic heterocycles. The monoisotopic (exact) mass is 329 g/mol. The van der Waals surface area contributed by atoms with Gasteiger partial charge in [0, 0.05) is 18.9 Å². The lowest BCUT2D eigenvalue weighted by Gasteiger charge is -2.03. The smallest absolute Gasteiger partial charge is 0.244 e. The van der Waals surface area contributed by atoms with Crippen LogP contribution in [0.3, 0.4) is 0 Å². The molecule has 2 aromatic rings. The summed E-state index contributed by atoms with van der Waals surface area (Å²) in [6.45, 7) is 0.117. The SMILES string of the molecule is CS(=O)(=O)CCNC(=O)/C=C/c1cccc(-c2ccccc2)c1. The van der Waals surface area contributed by atoms with Gasteiger partial charge in [-0.15, -0.1) is 0 Å². The van der Waals surface area contributed by atoms with Gasteiger partial charge < -0.3 is 5.32 Å². The zero-order chi connectivity index (χ0) is 16.7. The number of amides is 1. The van der Waals surface area contributed by atoms with Crippen molar-refractivity contribution in [2.45, 2.75) is 0 Å². The topological polar surface area (TPSA) is 63.2 Å². The van der Waals surface area contributed by atoms with Crippen LogP contribution in [-0.4, -0.2) is 32.9 Å². The Balaban J connectivity index is 1.99. The third kappa shape index (κ3) is 6.08. The standard InChI is InChI=1S/C18H19NO3S/c1-23(21,22)13-12-19-18(20)11-10-15-6-5-9-17(14-15)16-7-3-2-4-8-16/h2-11,14H,12-13H2,1H3,(H,19,20)/b11-10+. The van der Waals surface area contributed by atoms with E-state index in [9.17, 15) is 13.2 Å². The molecule has 0 aliphatic rings. The summed E-state index contributed by atoms with van der Waals surface area (Å²) in [5, 5.41) is 2.55. The number of sulfone groups is 1. The molecule has 0 spiro atoms. The van der Waals surface area contributed by atoms with Crippen molar-refractivity contribution in [3.63, 3.8) is 0 Å². The number of carbonyl (C=O) groups is 1. The van der Waals surface area contributed by atoms with E-state index in [2.05, 4.69) is 5.32 Å². The van der Waals surface area contributed by atoms with Gasteiger partial charge in [0.25, 0.3) is 0 Å². The van der Waals surface area contributed by atoms with Gasteiger partial charge in [-0.25, -0.2) is 8.42 Å². The van der Waals surface area contributed by atoms with Crippen LogP contribution in [0.4, 0.5) is 0 Å². The molecule has 2 rings (SSSR count).